The van der Waals surface area contributed by atoms with Crippen LogP contribution in [0.25, 0.3) is 10.4 Å². The largest absolute Gasteiger partial charge is 0.489 e. The lowest BCUT2D eigenvalue weighted by molar-refractivity contribution is -0.137. The first-order chi connectivity index (χ1) is 16.7. The fourth-order valence-corrected chi connectivity index (χ4v) is 4.29. The average molecular weight is 496 g/mol. The van der Waals surface area contributed by atoms with E-state index in [4.69, 9.17) is 4.74 Å². The van der Waals surface area contributed by atoms with Crippen molar-refractivity contribution in [1.82, 2.24) is 10.3 Å². The minimum absolute atomic E-state index is 0.358. The number of para-hydroxylation sites is 1. The number of amides is 2. The molecule has 186 valence electrons. The van der Waals surface area contributed by atoms with E-state index in [1.807, 2.05) is 61.5 Å². The van der Waals surface area contributed by atoms with Crippen LogP contribution < -0.4 is 15.4 Å². The molecule has 0 aliphatic heterocycles. The van der Waals surface area contributed by atoms with Crippen molar-refractivity contribution in [3.63, 3.8) is 0 Å². The zero-order valence-electron chi connectivity index (χ0n) is 20.6. The second-order valence-corrected chi connectivity index (χ2v) is 10.4. The molecule has 0 spiro atoms. The van der Waals surface area contributed by atoms with Gasteiger partial charge in [-0.2, -0.15) is 0 Å². The van der Waals surface area contributed by atoms with Gasteiger partial charge in [-0.25, -0.2) is 4.98 Å². The Morgan fingerprint density at radius 3 is 2.43 bits per heavy atom. The third-order valence-electron chi connectivity index (χ3n) is 5.44. The summed E-state index contributed by atoms with van der Waals surface area (Å²) in [6.45, 7) is 7.65. The summed E-state index contributed by atoms with van der Waals surface area (Å²) < 4.78 is 5.92. The maximum Gasteiger partial charge on any atom is 0.250 e. The fourth-order valence-electron chi connectivity index (χ4n) is 3.41. The number of hydrogen-bond donors (Lipinski definition) is 3. The molecule has 3 N–H and O–H groups in total. The van der Waals surface area contributed by atoms with E-state index in [0.717, 1.165) is 21.8 Å². The molecule has 7 nitrogen and oxygen atoms in total. The minimum atomic E-state index is -1.21. The third-order valence-corrected chi connectivity index (χ3v) is 6.38. The van der Waals surface area contributed by atoms with Crippen LogP contribution >= 0.6 is 11.3 Å². The number of carbonyl (C=O) groups is 2. The lowest BCUT2D eigenvalue weighted by atomic mass is 9.88. The number of aliphatic hydroxyl groups is 1. The summed E-state index contributed by atoms with van der Waals surface area (Å²) in [4.78, 5) is 30.6. The maximum atomic E-state index is 12.9. The summed E-state index contributed by atoms with van der Waals surface area (Å²) in [5.41, 5.74) is 1.36. The Balaban J connectivity index is 1.69. The number of rotatable bonds is 10. The van der Waals surface area contributed by atoms with Crippen molar-refractivity contribution in [3.05, 3.63) is 66.4 Å². The Labute approximate surface area is 210 Å². The van der Waals surface area contributed by atoms with E-state index in [0.29, 0.717) is 24.6 Å². The van der Waals surface area contributed by atoms with Crippen LogP contribution in [0.15, 0.2) is 60.8 Å². The molecule has 2 amide bonds. The van der Waals surface area contributed by atoms with Crippen LogP contribution in [0, 0.1) is 5.41 Å². The Kier molecular flexibility index (Phi) is 9.01. The van der Waals surface area contributed by atoms with Gasteiger partial charge in [-0.05, 0) is 35.1 Å². The van der Waals surface area contributed by atoms with Crippen molar-refractivity contribution in [2.24, 2.45) is 5.41 Å². The molecular formula is C27H33N3O4S. The molecule has 2 atom stereocenters. The number of benzene rings is 2. The molecule has 3 rings (SSSR count). The number of carbonyl (C=O) groups excluding carboxylic acids is 2. The molecule has 3 aromatic rings. The predicted molar refractivity (Wildman–Crippen MR) is 139 cm³/mol. The molecule has 2 aromatic carbocycles. The first-order valence-electron chi connectivity index (χ1n) is 11.7. The summed E-state index contributed by atoms with van der Waals surface area (Å²) >= 11 is 1.35. The number of nitrogens with zero attached hydrogens (tertiary/aromatic N) is 1. The molecule has 0 saturated carbocycles. The quantitative estimate of drug-likeness (QED) is 0.367. The zero-order chi connectivity index (χ0) is 25.4. The van der Waals surface area contributed by atoms with Gasteiger partial charge in [0.2, 0.25) is 11.8 Å². The first-order valence-corrected chi connectivity index (χ1v) is 12.5. The summed E-state index contributed by atoms with van der Waals surface area (Å²) in [5, 5.41) is 16.2. The predicted octanol–water partition coefficient (Wildman–Crippen LogP) is 5.02. The van der Waals surface area contributed by atoms with Crippen molar-refractivity contribution >= 4 is 28.3 Å². The first kappa shape index (κ1) is 26.4. The second-order valence-electron chi connectivity index (χ2n) is 9.40. The highest BCUT2D eigenvalue weighted by atomic mass is 32.1. The summed E-state index contributed by atoms with van der Waals surface area (Å²) in [6, 6.07) is 16.8. The van der Waals surface area contributed by atoms with Gasteiger partial charge in [0.05, 0.1) is 4.88 Å². The number of aromatic nitrogens is 1. The highest BCUT2D eigenvalue weighted by molar-refractivity contribution is 7.19. The molecule has 0 aliphatic carbocycles. The van der Waals surface area contributed by atoms with Crippen LogP contribution in [-0.2, 0) is 16.2 Å². The van der Waals surface area contributed by atoms with Crippen LogP contribution in [0.3, 0.4) is 0 Å². The van der Waals surface area contributed by atoms with Crippen LogP contribution in [0.4, 0.5) is 5.13 Å². The monoisotopic (exact) mass is 495 g/mol. The molecule has 0 radical (unpaired) electrons. The van der Waals surface area contributed by atoms with Gasteiger partial charge >= 0.3 is 0 Å². The topological polar surface area (TPSA) is 101 Å². The van der Waals surface area contributed by atoms with E-state index in [1.54, 1.807) is 27.0 Å². The van der Waals surface area contributed by atoms with Crippen molar-refractivity contribution < 1.29 is 19.4 Å². The van der Waals surface area contributed by atoms with Crippen LogP contribution in [0.5, 0.6) is 5.75 Å². The molecule has 0 bridgehead atoms. The SMILES string of the molecule is CCC[C@@H](NC(=O)[C@@H](O)C(C)(C)C)C(=O)Nc1ncc(-c2ccccc2COc2ccccc2)s1. The fraction of sp³-hybridized carbons (Fsp3) is 0.370. The normalized spacial score (nSPS) is 13.1. The van der Waals surface area contributed by atoms with Gasteiger partial charge in [-0.15, -0.1) is 0 Å². The number of aliphatic hydroxyl groups excluding tert-OH is 1. The van der Waals surface area contributed by atoms with Gasteiger partial charge in [-0.3, -0.25) is 9.59 Å². The van der Waals surface area contributed by atoms with E-state index in [2.05, 4.69) is 15.6 Å². The number of thiazole rings is 1. The van der Waals surface area contributed by atoms with E-state index in [9.17, 15) is 14.7 Å². The van der Waals surface area contributed by atoms with Crippen molar-refractivity contribution in [2.75, 3.05) is 5.32 Å². The average Bonchev–Trinajstić information content (AvgIpc) is 3.30. The molecule has 1 heterocycles. The summed E-state index contributed by atoms with van der Waals surface area (Å²) in [5.74, 6) is -0.124. The van der Waals surface area contributed by atoms with Gasteiger partial charge in [0.25, 0.3) is 0 Å². The van der Waals surface area contributed by atoms with Gasteiger partial charge in [-0.1, -0.05) is 87.9 Å². The number of anilines is 1. The molecular weight excluding hydrogens is 462 g/mol. The molecule has 0 aliphatic rings. The van der Waals surface area contributed by atoms with Gasteiger partial charge in [0, 0.05) is 6.20 Å². The lowest BCUT2D eigenvalue weighted by Gasteiger charge is -2.26. The maximum absolute atomic E-state index is 12.9. The van der Waals surface area contributed by atoms with Crippen LogP contribution in [0.2, 0.25) is 0 Å². The molecule has 8 heteroatoms. The van der Waals surface area contributed by atoms with E-state index < -0.39 is 23.5 Å². The third kappa shape index (κ3) is 7.37. The van der Waals surface area contributed by atoms with Gasteiger partial charge in [0.15, 0.2) is 5.13 Å². The van der Waals surface area contributed by atoms with Crippen molar-refractivity contribution in [3.8, 4) is 16.2 Å². The molecule has 0 saturated heterocycles. The lowest BCUT2D eigenvalue weighted by Crippen LogP contribution is -2.50. The number of hydrogen-bond acceptors (Lipinski definition) is 6. The number of nitrogens with one attached hydrogen (secondary N) is 2. The highest BCUT2D eigenvalue weighted by Crippen LogP contribution is 2.32. The molecule has 0 unspecified atom stereocenters. The zero-order valence-corrected chi connectivity index (χ0v) is 21.4. The second kappa shape index (κ2) is 12.0. The standard InChI is InChI=1S/C27H33N3O4S/c1-5-11-21(29-25(33)23(31)27(2,3)4)24(32)30-26-28-16-22(35-26)20-15-10-9-12-18(20)17-34-19-13-7-6-8-14-19/h6-10,12-16,21,23,31H,5,11,17H2,1-4H3,(H,29,33)(H,28,30,32)/t21-,23-/m1/s1. The van der Waals surface area contributed by atoms with Gasteiger partial charge < -0.3 is 20.5 Å². The summed E-state index contributed by atoms with van der Waals surface area (Å²) in [6.07, 6.45) is 1.66. The highest BCUT2D eigenvalue weighted by Gasteiger charge is 2.32. The Hall–Kier alpha value is -3.23. The Morgan fingerprint density at radius 1 is 1.06 bits per heavy atom. The van der Waals surface area contributed by atoms with Gasteiger partial charge in [0.1, 0.15) is 24.5 Å². The van der Waals surface area contributed by atoms with Crippen LogP contribution in [0.1, 0.15) is 46.1 Å². The smallest absolute Gasteiger partial charge is 0.250 e. The Bertz CT molecular complexity index is 1120. The van der Waals surface area contributed by atoms with E-state index in [-0.39, 0.29) is 5.91 Å². The Morgan fingerprint density at radius 2 is 1.74 bits per heavy atom. The van der Waals surface area contributed by atoms with E-state index in [1.165, 1.54) is 11.3 Å². The molecule has 35 heavy (non-hydrogen) atoms. The van der Waals surface area contributed by atoms with E-state index >= 15 is 0 Å². The molecule has 0 fully saturated rings. The minimum Gasteiger partial charge on any atom is -0.489 e. The van der Waals surface area contributed by atoms with Crippen molar-refractivity contribution in [2.45, 2.75) is 59.3 Å². The summed E-state index contributed by atoms with van der Waals surface area (Å²) in [7, 11) is 0. The van der Waals surface area contributed by atoms with Crippen molar-refractivity contribution in [1.29, 1.82) is 0 Å². The number of ether oxygens (including phenoxy) is 1. The molecule has 1 aromatic heterocycles. The van der Waals surface area contributed by atoms with Crippen LogP contribution in [-0.4, -0.2) is 34.1 Å².